The van der Waals surface area contributed by atoms with Crippen molar-refractivity contribution in [3.05, 3.63) is 77.2 Å². The highest BCUT2D eigenvalue weighted by atomic mass is 32.2. The molecule has 0 spiro atoms. The number of nitrogens with zero attached hydrogens (tertiary/aromatic N) is 1. The zero-order chi connectivity index (χ0) is 19.3. The van der Waals surface area contributed by atoms with Crippen LogP contribution in [-0.4, -0.2) is 39.6 Å². The Kier molecular flexibility index (Phi) is 5.88. The van der Waals surface area contributed by atoms with E-state index in [-0.39, 0.29) is 5.91 Å². The second-order valence-corrected chi connectivity index (χ2v) is 9.33. The monoisotopic (exact) mass is 411 g/mol. The molecular formula is C22H21NO3S2. The Hall–Kier alpha value is -2.44. The Morgan fingerprint density at radius 1 is 1.00 bits per heavy atom. The fourth-order valence-corrected chi connectivity index (χ4v) is 5.22. The summed E-state index contributed by atoms with van der Waals surface area (Å²) in [6, 6.07) is 21.9. The summed E-state index contributed by atoms with van der Waals surface area (Å²) >= 11 is 1.46. The van der Waals surface area contributed by atoms with E-state index in [0.717, 1.165) is 16.0 Å². The number of amides is 1. The van der Waals surface area contributed by atoms with Crippen molar-refractivity contribution >= 4 is 28.0 Å². The molecule has 0 bridgehead atoms. The number of rotatable bonds is 5. The van der Waals surface area contributed by atoms with Crippen molar-refractivity contribution in [3.8, 4) is 16.2 Å². The standard InChI is InChI=1S/C22H21NO3S2/c24-22(23-11-13-28(25)14-12-23)21-19(26-16-17-7-3-1-4-8-17)15-20(27-21)18-9-5-2-6-10-18/h1-10,15H,11-14,16H2. The second-order valence-electron chi connectivity index (χ2n) is 6.58. The molecule has 1 aliphatic heterocycles. The van der Waals surface area contributed by atoms with Crippen molar-refractivity contribution in [1.82, 2.24) is 4.90 Å². The summed E-state index contributed by atoms with van der Waals surface area (Å²) in [5.41, 5.74) is 2.12. The number of thiophene rings is 1. The van der Waals surface area contributed by atoms with Gasteiger partial charge in [0.15, 0.2) is 0 Å². The molecule has 1 amide bonds. The van der Waals surface area contributed by atoms with Gasteiger partial charge in [0, 0.05) is 40.3 Å². The first-order valence-electron chi connectivity index (χ1n) is 9.21. The van der Waals surface area contributed by atoms with Crippen molar-refractivity contribution in [2.45, 2.75) is 6.61 Å². The first-order chi connectivity index (χ1) is 13.7. The fourth-order valence-electron chi connectivity index (χ4n) is 3.10. The van der Waals surface area contributed by atoms with Gasteiger partial charge >= 0.3 is 0 Å². The highest BCUT2D eigenvalue weighted by Gasteiger charge is 2.26. The minimum absolute atomic E-state index is 0.0352. The summed E-state index contributed by atoms with van der Waals surface area (Å²) in [5.74, 6) is 1.67. The zero-order valence-corrected chi connectivity index (χ0v) is 17.0. The normalized spacial score (nSPS) is 14.8. The molecule has 4 nitrogen and oxygen atoms in total. The maximum Gasteiger partial charge on any atom is 0.267 e. The maximum atomic E-state index is 13.1. The maximum absolute atomic E-state index is 13.1. The van der Waals surface area contributed by atoms with Gasteiger partial charge in [-0.1, -0.05) is 60.7 Å². The van der Waals surface area contributed by atoms with E-state index in [9.17, 15) is 9.00 Å². The number of benzene rings is 2. The van der Waals surface area contributed by atoms with Crippen LogP contribution in [0.15, 0.2) is 66.7 Å². The summed E-state index contributed by atoms with van der Waals surface area (Å²) < 4.78 is 17.7. The lowest BCUT2D eigenvalue weighted by atomic mass is 10.2. The van der Waals surface area contributed by atoms with Gasteiger partial charge in [0.1, 0.15) is 17.2 Å². The van der Waals surface area contributed by atoms with Crippen molar-refractivity contribution in [3.63, 3.8) is 0 Å². The van der Waals surface area contributed by atoms with Crippen molar-refractivity contribution in [2.24, 2.45) is 0 Å². The highest BCUT2D eigenvalue weighted by Crippen LogP contribution is 2.37. The van der Waals surface area contributed by atoms with Gasteiger partial charge in [0.05, 0.1) is 0 Å². The van der Waals surface area contributed by atoms with Crippen LogP contribution >= 0.6 is 11.3 Å². The van der Waals surface area contributed by atoms with Crippen LogP contribution in [0.25, 0.3) is 10.4 Å². The summed E-state index contributed by atoms with van der Waals surface area (Å²) in [7, 11) is -0.814. The Bertz CT molecular complexity index is 960. The smallest absolute Gasteiger partial charge is 0.267 e. The Morgan fingerprint density at radius 2 is 1.64 bits per heavy atom. The van der Waals surface area contributed by atoms with E-state index in [1.807, 2.05) is 66.7 Å². The van der Waals surface area contributed by atoms with Crippen LogP contribution in [0.4, 0.5) is 0 Å². The second kappa shape index (κ2) is 8.71. The van der Waals surface area contributed by atoms with Gasteiger partial charge < -0.3 is 9.64 Å². The van der Waals surface area contributed by atoms with Gasteiger partial charge in [-0.05, 0) is 17.2 Å². The van der Waals surface area contributed by atoms with Gasteiger partial charge in [-0.15, -0.1) is 11.3 Å². The quantitative estimate of drug-likeness (QED) is 0.632. The first-order valence-corrected chi connectivity index (χ1v) is 11.5. The van der Waals surface area contributed by atoms with Crippen LogP contribution in [-0.2, 0) is 17.4 Å². The van der Waals surface area contributed by atoms with E-state index in [1.54, 1.807) is 4.90 Å². The number of ether oxygens (including phenoxy) is 1. The molecule has 1 aliphatic rings. The summed E-state index contributed by atoms with van der Waals surface area (Å²) in [5, 5.41) is 0. The van der Waals surface area contributed by atoms with Crippen molar-refractivity contribution in [2.75, 3.05) is 24.6 Å². The van der Waals surface area contributed by atoms with Gasteiger partial charge in [0.2, 0.25) is 0 Å². The largest absolute Gasteiger partial charge is 0.487 e. The first kappa shape index (κ1) is 18.9. The molecule has 4 rings (SSSR count). The van der Waals surface area contributed by atoms with Crippen molar-refractivity contribution < 1.29 is 13.7 Å². The van der Waals surface area contributed by atoms with Crippen molar-refractivity contribution in [1.29, 1.82) is 0 Å². The molecule has 2 heterocycles. The molecule has 1 fully saturated rings. The average Bonchev–Trinajstić information content (AvgIpc) is 3.18. The molecule has 0 saturated carbocycles. The SMILES string of the molecule is O=C(c1sc(-c2ccccc2)cc1OCc1ccccc1)N1CCS(=O)CC1. The molecule has 144 valence electrons. The average molecular weight is 412 g/mol. The third-order valence-corrected chi connectivity index (χ3v) is 7.08. The van der Waals surface area contributed by atoms with E-state index in [4.69, 9.17) is 4.74 Å². The molecule has 1 aromatic heterocycles. The number of carbonyl (C=O) groups is 1. The molecule has 2 aromatic carbocycles. The minimum Gasteiger partial charge on any atom is -0.487 e. The molecule has 6 heteroatoms. The Balaban J connectivity index is 1.61. The summed E-state index contributed by atoms with van der Waals surface area (Å²) in [6.45, 7) is 1.47. The van der Waals surface area contributed by atoms with E-state index < -0.39 is 10.8 Å². The molecule has 0 radical (unpaired) electrons. The van der Waals surface area contributed by atoms with Crippen LogP contribution in [0.2, 0.25) is 0 Å². The topological polar surface area (TPSA) is 46.6 Å². The van der Waals surface area contributed by atoms with E-state index in [1.165, 1.54) is 11.3 Å². The van der Waals surface area contributed by atoms with E-state index in [2.05, 4.69) is 0 Å². The molecule has 0 N–H and O–H groups in total. The molecule has 1 saturated heterocycles. The molecule has 0 unspecified atom stereocenters. The third kappa shape index (κ3) is 4.34. The third-order valence-electron chi connectivity index (χ3n) is 4.65. The lowest BCUT2D eigenvalue weighted by molar-refractivity contribution is 0.0771. The number of carbonyl (C=O) groups excluding carboxylic acids is 1. The lowest BCUT2D eigenvalue weighted by Gasteiger charge is -2.26. The van der Waals surface area contributed by atoms with Gasteiger partial charge in [-0.3, -0.25) is 9.00 Å². The lowest BCUT2D eigenvalue weighted by Crippen LogP contribution is -2.41. The van der Waals surface area contributed by atoms with Crippen LogP contribution in [0.3, 0.4) is 0 Å². The molecule has 28 heavy (non-hydrogen) atoms. The number of hydrogen-bond acceptors (Lipinski definition) is 4. The van der Waals surface area contributed by atoms with Gasteiger partial charge in [-0.2, -0.15) is 0 Å². The van der Waals surface area contributed by atoms with Crippen LogP contribution in [0, 0.1) is 0 Å². The van der Waals surface area contributed by atoms with Crippen LogP contribution in [0.5, 0.6) is 5.75 Å². The molecular weight excluding hydrogens is 390 g/mol. The van der Waals surface area contributed by atoms with E-state index in [0.29, 0.717) is 41.8 Å². The van der Waals surface area contributed by atoms with Gasteiger partial charge in [-0.25, -0.2) is 0 Å². The van der Waals surface area contributed by atoms with E-state index >= 15 is 0 Å². The minimum atomic E-state index is -0.814. The van der Waals surface area contributed by atoms with Gasteiger partial charge in [0.25, 0.3) is 5.91 Å². The number of hydrogen-bond donors (Lipinski definition) is 0. The highest BCUT2D eigenvalue weighted by molar-refractivity contribution is 7.85. The fraction of sp³-hybridized carbons (Fsp3) is 0.227. The van der Waals surface area contributed by atoms with Crippen LogP contribution < -0.4 is 4.74 Å². The Morgan fingerprint density at radius 3 is 2.32 bits per heavy atom. The summed E-state index contributed by atoms with van der Waals surface area (Å²) in [4.78, 5) is 16.6. The molecule has 0 aliphatic carbocycles. The zero-order valence-electron chi connectivity index (χ0n) is 15.4. The summed E-state index contributed by atoms with van der Waals surface area (Å²) in [6.07, 6.45) is 0. The molecule has 0 atom stereocenters. The Labute approximate surface area is 171 Å². The molecule has 3 aromatic rings. The predicted octanol–water partition coefficient (Wildman–Crippen LogP) is 4.20. The predicted molar refractivity (Wildman–Crippen MR) is 114 cm³/mol. The van der Waals surface area contributed by atoms with Crippen LogP contribution in [0.1, 0.15) is 15.2 Å².